The van der Waals surface area contributed by atoms with Gasteiger partial charge in [-0.2, -0.15) is 0 Å². The molecule has 1 rings (SSSR count). The second-order valence-electron chi connectivity index (χ2n) is 6.12. The average molecular weight is 306 g/mol. The third kappa shape index (κ3) is 6.72. The third-order valence-electron chi connectivity index (χ3n) is 3.36. The number of nitrogens with two attached hydrogens (primary N) is 1. The van der Waals surface area contributed by atoms with Gasteiger partial charge in [0, 0.05) is 17.5 Å². The Hall–Kier alpha value is -1.88. The maximum Gasteiger partial charge on any atom is 0.275 e. The van der Waals surface area contributed by atoms with Crippen molar-refractivity contribution < 1.29 is 14.9 Å². The van der Waals surface area contributed by atoms with E-state index in [2.05, 4.69) is 36.6 Å². The van der Waals surface area contributed by atoms with Crippen LogP contribution in [0.2, 0.25) is 0 Å². The summed E-state index contributed by atoms with van der Waals surface area (Å²) in [5, 5.41) is 7.42. The molecule has 1 aromatic rings. The molecule has 0 spiro atoms. The molecule has 2 amide bonds. The molecule has 0 aliphatic rings. The second-order valence-corrected chi connectivity index (χ2v) is 6.12. The van der Waals surface area contributed by atoms with Crippen molar-refractivity contribution in [3.05, 3.63) is 35.9 Å². The molecule has 0 radical (unpaired) electrons. The maximum atomic E-state index is 11.9. The smallest absolute Gasteiger partial charge is 0.275 e. The minimum Gasteiger partial charge on any atom is -0.352 e. The van der Waals surface area contributed by atoms with Gasteiger partial charge in [-0.1, -0.05) is 44.2 Å². The van der Waals surface area contributed by atoms with Crippen LogP contribution < -0.4 is 16.0 Å². The summed E-state index contributed by atoms with van der Waals surface area (Å²) in [4.78, 5) is 23.4. The molecule has 0 fully saturated rings. The second kappa shape index (κ2) is 9.20. The Kier molecular flexibility index (Phi) is 7.60. The molecule has 122 valence electrons. The fraction of sp³-hybridized carbons (Fsp3) is 0.529. The zero-order chi connectivity index (χ0) is 16.5. The highest BCUT2D eigenvalue weighted by molar-refractivity contribution is 5.85. The largest absolute Gasteiger partial charge is 0.352 e. The van der Waals surface area contributed by atoms with Crippen molar-refractivity contribution in [2.45, 2.75) is 39.8 Å². The van der Waals surface area contributed by atoms with Crippen LogP contribution in [0.3, 0.4) is 0 Å². The number of carbonyl (C=O) groups excluding carboxylic acids is 2. The first-order valence-electron chi connectivity index (χ1n) is 7.84. The van der Waals surface area contributed by atoms with E-state index in [0.29, 0.717) is 12.5 Å². The summed E-state index contributed by atoms with van der Waals surface area (Å²) in [7, 11) is 0. The van der Waals surface area contributed by atoms with Crippen molar-refractivity contribution in [2.75, 3.05) is 13.1 Å². The van der Waals surface area contributed by atoms with Gasteiger partial charge in [-0.05, 0) is 13.8 Å². The average Bonchev–Trinajstić information content (AvgIpc) is 2.45. The molecular weight excluding hydrogens is 278 g/mol. The minimum absolute atomic E-state index is 0.0303. The Morgan fingerprint density at radius 1 is 1.05 bits per heavy atom. The van der Waals surface area contributed by atoms with E-state index < -0.39 is 0 Å². The minimum atomic E-state index is -0.160. The van der Waals surface area contributed by atoms with Gasteiger partial charge in [-0.25, -0.2) is 0 Å². The molecule has 5 heteroatoms. The Morgan fingerprint density at radius 2 is 1.68 bits per heavy atom. The Bertz CT molecular complexity index is 472. The van der Waals surface area contributed by atoms with Crippen LogP contribution in [0.15, 0.2) is 30.3 Å². The van der Waals surface area contributed by atoms with Crippen LogP contribution in [0, 0.1) is 5.92 Å². The van der Waals surface area contributed by atoms with E-state index >= 15 is 0 Å². The van der Waals surface area contributed by atoms with Crippen molar-refractivity contribution in [1.82, 2.24) is 10.6 Å². The third-order valence-corrected chi connectivity index (χ3v) is 3.36. The van der Waals surface area contributed by atoms with Gasteiger partial charge in [-0.3, -0.25) is 9.59 Å². The zero-order valence-electron chi connectivity index (χ0n) is 13.9. The van der Waals surface area contributed by atoms with Crippen molar-refractivity contribution in [3.8, 4) is 0 Å². The molecule has 0 saturated carbocycles. The van der Waals surface area contributed by atoms with Gasteiger partial charge < -0.3 is 16.0 Å². The molecule has 0 bridgehead atoms. The number of nitrogens with one attached hydrogen (secondary N) is 2. The van der Waals surface area contributed by atoms with Gasteiger partial charge in [0.1, 0.15) is 6.04 Å². The van der Waals surface area contributed by atoms with E-state index in [4.69, 9.17) is 0 Å². The standard InChI is InChI=1S/C17H27N3O2/c1-12(2)17(14-8-6-5-7-9-14)19-10-15(21)18-11-16(22)20-13(3)4/h5-9,12-13,17,19H,10-11H2,1-4H3,(H,18,21)(H,20,22)/p+1/t17-/m0/s1. The summed E-state index contributed by atoms with van der Waals surface area (Å²) >= 11 is 0. The fourth-order valence-electron chi connectivity index (χ4n) is 2.33. The number of amides is 2. The molecular formula is C17H28N3O2+. The first-order valence-corrected chi connectivity index (χ1v) is 7.84. The van der Waals surface area contributed by atoms with Crippen molar-refractivity contribution in [3.63, 3.8) is 0 Å². The molecule has 22 heavy (non-hydrogen) atoms. The van der Waals surface area contributed by atoms with E-state index in [9.17, 15) is 9.59 Å². The summed E-state index contributed by atoms with van der Waals surface area (Å²) in [6.07, 6.45) is 0. The molecule has 5 nitrogen and oxygen atoms in total. The predicted molar refractivity (Wildman–Crippen MR) is 87.1 cm³/mol. The van der Waals surface area contributed by atoms with Crippen LogP contribution in [0.25, 0.3) is 0 Å². The highest BCUT2D eigenvalue weighted by Crippen LogP contribution is 2.16. The number of rotatable bonds is 8. The van der Waals surface area contributed by atoms with Gasteiger partial charge >= 0.3 is 0 Å². The van der Waals surface area contributed by atoms with E-state index in [1.165, 1.54) is 5.56 Å². The number of benzene rings is 1. The van der Waals surface area contributed by atoms with Crippen molar-refractivity contribution >= 4 is 11.8 Å². The lowest BCUT2D eigenvalue weighted by molar-refractivity contribution is -0.692. The van der Waals surface area contributed by atoms with E-state index in [1.807, 2.05) is 37.4 Å². The summed E-state index contributed by atoms with van der Waals surface area (Å²) < 4.78 is 0. The van der Waals surface area contributed by atoms with Gasteiger partial charge in [0.15, 0.2) is 6.54 Å². The van der Waals surface area contributed by atoms with Crippen molar-refractivity contribution in [2.24, 2.45) is 5.92 Å². The van der Waals surface area contributed by atoms with Crippen LogP contribution in [0.4, 0.5) is 0 Å². The Balaban J connectivity index is 2.42. The topological polar surface area (TPSA) is 74.8 Å². The lowest BCUT2D eigenvalue weighted by Gasteiger charge is -2.19. The molecule has 0 heterocycles. The Labute approximate surface area is 132 Å². The monoisotopic (exact) mass is 306 g/mol. The first kappa shape index (κ1) is 18.2. The SMILES string of the molecule is CC(C)NC(=O)CNC(=O)C[NH2+][C@H](c1ccccc1)C(C)C. The van der Waals surface area contributed by atoms with Crippen LogP contribution in [-0.2, 0) is 9.59 Å². The normalized spacial score (nSPS) is 12.3. The number of carbonyl (C=O) groups is 2. The first-order chi connectivity index (χ1) is 10.4. The molecule has 0 aliphatic carbocycles. The number of hydrogen-bond acceptors (Lipinski definition) is 2. The predicted octanol–water partition coefficient (Wildman–Crippen LogP) is 0.588. The number of hydrogen-bond donors (Lipinski definition) is 3. The summed E-state index contributed by atoms with van der Waals surface area (Å²) in [5.41, 5.74) is 1.21. The van der Waals surface area contributed by atoms with Crippen LogP contribution in [-0.4, -0.2) is 30.9 Å². The molecule has 0 unspecified atom stereocenters. The van der Waals surface area contributed by atoms with Crippen LogP contribution in [0.1, 0.15) is 39.3 Å². The summed E-state index contributed by atoms with van der Waals surface area (Å²) in [6.45, 7) is 8.40. The summed E-state index contributed by atoms with van der Waals surface area (Å²) in [6, 6.07) is 10.5. The summed E-state index contributed by atoms with van der Waals surface area (Å²) in [5.74, 6) is 0.131. The number of quaternary nitrogens is 1. The Morgan fingerprint density at radius 3 is 2.23 bits per heavy atom. The van der Waals surface area contributed by atoms with Gasteiger partial charge in [0.05, 0.1) is 6.54 Å². The van der Waals surface area contributed by atoms with Gasteiger partial charge in [0.25, 0.3) is 5.91 Å². The molecule has 4 N–H and O–H groups in total. The quantitative estimate of drug-likeness (QED) is 0.657. The zero-order valence-corrected chi connectivity index (χ0v) is 13.9. The molecule has 0 saturated heterocycles. The van der Waals surface area contributed by atoms with Gasteiger partial charge in [-0.15, -0.1) is 0 Å². The van der Waals surface area contributed by atoms with Crippen LogP contribution in [0.5, 0.6) is 0 Å². The van der Waals surface area contributed by atoms with E-state index in [-0.39, 0.29) is 30.4 Å². The van der Waals surface area contributed by atoms with Gasteiger partial charge in [0.2, 0.25) is 5.91 Å². The molecule has 0 aromatic heterocycles. The molecule has 0 aliphatic heterocycles. The van der Waals surface area contributed by atoms with E-state index in [1.54, 1.807) is 0 Å². The highest BCUT2D eigenvalue weighted by atomic mass is 16.2. The maximum absolute atomic E-state index is 11.9. The highest BCUT2D eigenvalue weighted by Gasteiger charge is 2.20. The van der Waals surface area contributed by atoms with Crippen molar-refractivity contribution in [1.29, 1.82) is 0 Å². The molecule has 1 atom stereocenters. The lowest BCUT2D eigenvalue weighted by Crippen LogP contribution is -2.88. The molecule has 1 aromatic carbocycles. The van der Waals surface area contributed by atoms with Crippen LogP contribution >= 0.6 is 0 Å². The van der Waals surface area contributed by atoms with E-state index in [0.717, 1.165) is 0 Å². The lowest BCUT2D eigenvalue weighted by atomic mass is 9.96. The fourth-order valence-corrected chi connectivity index (χ4v) is 2.33.